The van der Waals surface area contributed by atoms with Gasteiger partial charge in [0.2, 0.25) is 5.91 Å². The Morgan fingerprint density at radius 1 is 1.13 bits per heavy atom. The molecule has 6 rings (SSSR count). The molecular weight excluding hydrogens is 518 g/mol. The minimum Gasteiger partial charge on any atom is -0.497 e. The molecule has 0 aliphatic carbocycles. The van der Waals surface area contributed by atoms with E-state index in [0.29, 0.717) is 11.3 Å². The topological polar surface area (TPSA) is 92.0 Å². The number of primary amides is 1. The molecule has 3 aromatic rings. The number of ether oxygens (including phenoxy) is 4. The van der Waals surface area contributed by atoms with Crippen LogP contribution in [0.15, 0.2) is 36.4 Å². The van der Waals surface area contributed by atoms with Crippen LogP contribution in [-0.2, 0) is 12.0 Å². The predicted octanol–water partition coefficient (Wildman–Crippen LogP) is 4.75. The molecule has 7 nitrogen and oxygen atoms in total. The zero-order valence-corrected chi connectivity index (χ0v) is 21.3. The number of carbonyl (C=O) groups is 1. The van der Waals surface area contributed by atoms with Gasteiger partial charge in [0, 0.05) is 29.2 Å². The number of halogens is 3. The first-order chi connectivity index (χ1) is 18.3. The summed E-state index contributed by atoms with van der Waals surface area (Å²) in [7, 11) is 1.58. The van der Waals surface area contributed by atoms with Crippen LogP contribution in [0.1, 0.15) is 34.3 Å². The van der Waals surface area contributed by atoms with E-state index in [0.717, 1.165) is 24.9 Å². The highest BCUT2D eigenvalue weighted by molar-refractivity contribution is 6.34. The summed E-state index contributed by atoms with van der Waals surface area (Å²) >= 11 is 6.53. The number of rotatable bonds is 5. The van der Waals surface area contributed by atoms with E-state index in [-0.39, 0.29) is 64.6 Å². The number of fused-ring (bicyclic) bond motifs is 2. The van der Waals surface area contributed by atoms with Crippen molar-refractivity contribution in [3.8, 4) is 34.1 Å². The highest BCUT2D eigenvalue weighted by Crippen LogP contribution is 2.53. The normalized spacial score (nSPS) is 21.6. The summed E-state index contributed by atoms with van der Waals surface area (Å²) in [6.45, 7) is 1.10. The molecule has 0 radical (unpaired) electrons. The molecule has 1 amide bonds. The molecular formula is C28H25ClF2N2O5. The first-order valence-electron chi connectivity index (χ1n) is 12.3. The van der Waals surface area contributed by atoms with Gasteiger partial charge in [-0.05, 0) is 43.1 Å². The number of amides is 1. The average Bonchev–Trinajstić information content (AvgIpc) is 3.59. The van der Waals surface area contributed by atoms with Crippen molar-refractivity contribution in [2.75, 3.05) is 26.9 Å². The summed E-state index contributed by atoms with van der Waals surface area (Å²) in [4.78, 5) is 12.5. The fourth-order valence-electron chi connectivity index (χ4n) is 5.76. The zero-order valence-electron chi connectivity index (χ0n) is 20.5. The third-order valence-corrected chi connectivity index (χ3v) is 7.88. The molecule has 2 atom stereocenters. The maximum atomic E-state index is 16.1. The third-order valence-electron chi connectivity index (χ3n) is 7.51. The lowest BCUT2D eigenvalue weighted by molar-refractivity contribution is 0.0538. The number of nitrogens with two attached hydrogens (primary N) is 1. The van der Waals surface area contributed by atoms with Crippen LogP contribution >= 0.6 is 11.6 Å². The second-order valence-corrected chi connectivity index (χ2v) is 9.95. The lowest BCUT2D eigenvalue weighted by Gasteiger charge is -2.35. The Bertz CT molecular complexity index is 1440. The molecule has 1 saturated heterocycles. The molecule has 0 aromatic heterocycles. The zero-order chi connectivity index (χ0) is 26.6. The number of methoxy groups -OCH3 is 1. The summed E-state index contributed by atoms with van der Waals surface area (Å²) in [5.74, 6) is -1.85. The van der Waals surface area contributed by atoms with Crippen molar-refractivity contribution in [2.45, 2.75) is 30.9 Å². The second kappa shape index (κ2) is 9.32. The van der Waals surface area contributed by atoms with E-state index in [1.807, 2.05) is 24.3 Å². The largest absolute Gasteiger partial charge is 0.497 e. The third kappa shape index (κ3) is 3.75. The van der Waals surface area contributed by atoms with E-state index >= 15 is 8.78 Å². The standard InChI is InChI=1S/C28H25ClF2N2O5/c1-35-15-6-4-14(5-7-15)28(21-3-2-8-33-21)13-17-19(38-28)12-18(30)24(29)22(17)23-16(27(32)34)11-20-26(25(23)31)37-10-9-36-20/h4-7,11-12,21,33H,2-3,8-10,13H2,1H3,(H2,32,34)/t21-,28-/m0/s1. The molecule has 0 spiro atoms. The summed E-state index contributed by atoms with van der Waals surface area (Å²) in [5, 5.41) is 3.17. The van der Waals surface area contributed by atoms with Crippen molar-refractivity contribution in [1.82, 2.24) is 5.32 Å². The van der Waals surface area contributed by atoms with Gasteiger partial charge < -0.3 is 30.0 Å². The quantitative estimate of drug-likeness (QED) is 0.484. The molecule has 3 N–H and O–H groups in total. The Hall–Kier alpha value is -3.56. The monoisotopic (exact) mass is 542 g/mol. The molecule has 0 unspecified atom stereocenters. The van der Waals surface area contributed by atoms with E-state index in [2.05, 4.69) is 5.32 Å². The number of carbonyl (C=O) groups excluding carboxylic acids is 1. The molecule has 1 fully saturated rings. The average molecular weight is 543 g/mol. The maximum absolute atomic E-state index is 16.1. The van der Waals surface area contributed by atoms with Crippen LogP contribution in [0.2, 0.25) is 5.02 Å². The molecule has 10 heteroatoms. The molecule has 3 aromatic carbocycles. The predicted molar refractivity (Wildman–Crippen MR) is 136 cm³/mol. The van der Waals surface area contributed by atoms with Gasteiger partial charge in [0.15, 0.2) is 22.9 Å². The summed E-state index contributed by atoms with van der Waals surface area (Å²) < 4.78 is 54.3. The van der Waals surface area contributed by atoms with Gasteiger partial charge >= 0.3 is 0 Å². The van der Waals surface area contributed by atoms with Gasteiger partial charge in [-0.1, -0.05) is 23.7 Å². The van der Waals surface area contributed by atoms with Gasteiger partial charge in [0.1, 0.15) is 30.5 Å². The Morgan fingerprint density at radius 3 is 2.58 bits per heavy atom. The Balaban J connectivity index is 1.58. The Kier molecular flexibility index (Phi) is 6.07. The van der Waals surface area contributed by atoms with Gasteiger partial charge in [0.25, 0.3) is 0 Å². The van der Waals surface area contributed by atoms with Gasteiger partial charge in [-0.15, -0.1) is 0 Å². The van der Waals surface area contributed by atoms with Crippen LogP contribution in [0.25, 0.3) is 11.1 Å². The van der Waals surface area contributed by atoms with Crippen molar-refractivity contribution >= 4 is 17.5 Å². The number of benzene rings is 3. The fraction of sp³-hybridized carbons (Fsp3) is 0.321. The van der Waals surface area contributed by atoms with Gasteiger partial charge in [-0.3, -0.25) is 4.79 Å². The Labute approximate surface area is 222 Å². The molecule has 0 saturated carbocycles. The molecule has 3 aliphatic rings. The van der Waals surface area contributed by atoms with E-state index in [9.17, 15) is 4.79 Å². The molecule has 3 heterocycles. The lowest BCUT2D eigenvalue weighted by atomic mass is 9.80. The lowest BCUT2D eigenvalue weighted by Crippen LogP contribution is -2.48. The van der Waals surface area contributed by atoms with E-state index in [1.54, 1.807) is 7.11 Å². The summed E-state index contributed by atoms with van der Waals surface area (Å²) in [5.41, 5.74) is 5.62. The van der Waals surface area contributed by atoms with Gasteiger partial charge in [-0.25, -0.2) is 8.78 Å². The molecule has 38 heavy (non-hydrogen) atoms. The van der Waals surface area contributed by atoms with Gasteiger partial charge in [0.05, 0.1) is 23.7 Å². The first-order valence-corrected chi connectivity index (χ1v) is 12.7. The molecule has 3 aliphatic heterocycles. The first kappa shape index (κ1) is 24.8. The van der Waals surface area contributed by atoms with E-state index < -0.39 is 23.1 Å². The second-order valence-electron chi connectivity index (χ2n) is 9.57. The fourth-order valence-corrected chi connectivity index (χ4v) is 6.02. The van der Waals surface area contributed by atoms with Crippen LogP contribution in [-0.4, -0.2) is 38.8 Å². The van der Waals surface area contributed by atoms with Crippen molar-refractivity contribution in [1.29, 1.82) is 0 Å². The highest BCUT2D eigenvalue weighted by Gasteiger charge is 2.50. The van der Waals surface area contributed by atoms with Crippen molar-refractivity contribution in [3.63, 3.8) is 0 Å². The maximum Gasteiger partial charge on any atom is 0.249 e. The molecule has 198 valence electrons. The van der Waals surface area contributed by atoms with Crippen LogP contribution in [0.5, 0.6) is 23.0 Å². The van der Waals surface area contributed by atoms with Crippen LogP contribution in [0.4, 0.5) is 8.78 Å². The van der Waals surface area contributed by atoms with Crippen LogP contribution in [0, 0.1) is 11.6 Å². The number of hydrogen-bond acceptors (Lipinski definition) is 6. The minimum absolute atomic E-state index is 0.0123. The highest BCUT2D eigenvalue weighted by atomic mass is 35.5. The van der Waals surface area contributed by atoms with Crippen molar-refractivity contribution in [3.05, 3.63) is 69.7 Å². The SMILES string of the molecule is COc1ccc([C@]2([C@@H]3CCCN3)Cc3c(cc(F)c(Cl)c3-c3c(C(N)=O)cc4c(c3F)OCCO4)O2)cc1. The Morgan fingerprint density at radius 2 is 1.89 bits per heavy atom. The summed E-state index contributed by atoms with van der Waals surface area (Å²) in [6, 6.07) is 9.88. The van der Waals surface area contributed by atoms with E-state index in [1.165, 1.54) is 12.1 Å². The number of nitrogens with one attached hydrogen (secondary N) is 1. The molecule has 0 bridgehead atoms. The van der Waals surface area contributed by atoms with Crippen molar-refractivity contribution in [2.24, 2.45) is 5.73 Å². The van der Waals surface area contributed by atoms with Crippen molar-refractivity contribution < 1.29 is 32.5 Å². The van der Waals surface area contributed by atoms with Gasteiger partial charge in [-0.2, -0.15) is 0 Å². The minimum atomic E-state index is -0.936. The number of hydrogen-bond donors (Lipinski definition) is 2. The van der Waals surface area contributed by atoms with E-state index in [4.69, 9.17) is 36.3 Å². The van der Waals surface area contributed by atoms with Crippen LogP contribution in [0.3, 0.4) is 0 Å². The summed E-state index contributed by atoms with van der Waals surface area (Å²) in [6.07, 6.45) is 2.00. The van der Waals surface area contributed by atoms with Crippen LogP contribution < -0.4 is 30.0 Å². The smallest absolute Gasteiger partial charge is 0.249 e.